The Kier molecular flexibility index (Phi) is 5.62. The molecule has 1 aromatic carbocycles. The Balaban J connectivity index is 1.72. The van der Waals surface area contributed by atoms with E-state index in [0.717, 1.165) is 17.7 Å². The zero-order chi connectivity index (χ0) is 14.2. The minimum absolute atomic E-state index is 0.0901. The number of benzene rings is 1. The van der Waals surface area contributed by atoms with Gasteiger partial charge in [-0.05, 0) is 42.5 Å². The van der Waals surface area contributed by atoms with Crippen LogP contribution in [0.4, 0.5) is 0 Å². The van der Waals surface area contributed by atoms with Crippen molar-refractivity contribution in [1.82, 2.24) is 5.32 Å². The third kappa shape index (κ3) is 4.70. The third-order valence-electron chi connectivity index (χ3n) is 2.90. The molecule has 106 valence electrons. The van der Waals surface area contributed by atoms with Crippen molar-refractivity contribution >= 4 is 17.2 Å². The fraction of sp³-hybridized carbons (Fsp3) is 0.312. The number of carbonyl (C=O) groups is 1. The molecule has 0 bridgehead atoms. The van der Waals surface area contributed by atoms with Gasteiger partial charge in [-0.1, -0.05) is 18.2 Å². The lowest BCUT2D eigenvalue weighted by molar-refractivity contribution is -0.121. The zero-order valence-corrected chi connectivity index (χ0v) is 12.4. The quantitative estimate of drug-likeness (QED) is 0.848. The van der Waals surface area contributed by atoms with Crippen LogP contribution in [0.5, 0.6) is 5.75 Å². The van der Waals surface area contributed by atoms with Gasteiger partial charge in [0.05, 0.1) is 6.61 Å². The van der Waals surface area contributed by atoms with Crippen LogP contribution in [-0.2, 0) is 17.8 Å². The Labute approximate surface area is 123 Å². The van der Waals surface area contributed by atoms with Crippen molar-refractivity contribution in [1.29, 1.82) is 0 Å². The molecule has 1 N–H and O–H groups in total. The highest BCUT2D eigenvalue weighted by Gasteiger charge is 2.03. The van der Waals surface area contributed by atoms with Gasteiger partial charge in [-0.2, -0.15) is 0 Å². The minimum Gasteiger partial charge on any atom is -0.494 e. The number of amides is 1. The summed E-state index contributed by atoms with van der Waals surface area (Å²) < 4.78 is 5.38. The molecule has 2 aromatic rings. The SMILES string of the molecule is CCOc1ccc(CNC(=O)CCc2cccs2)cc1. The number of hydrogen-bond donors (Lipinski definition) is 1. The van der Waals surface area contributed by atoms with Crippen molar-refractivity contribution in [2.45, 2.75) is 26.3 Å². The summed E-state index contributed by atoms with van der Waals surface area (Å²) in [4.78, 5) is 13.0. The molecule has 2 rings (SSSR count). The summed E-state index contributed by atoms with van der Waals surface area (Å²) in [6.07, 6.45) is 1.35. The number of rotatable bonds is 7. The van der Waals surface area contributed by atoms with Crippen LogP contribution in [0.1, 0.15) is 23.8 Å². The van der Waals surface area contributed by atoms with Gasteiger partial charge in [0, 0.05) is 17.8 Å². The molecule has 0 fully saturated rings. The second-order valence-electron chi connectivity index (χ2n) is 4.43. The van der Waals surface area contributed by atoms with Crippen LogP contribution in [0.25, 0.3) is 0 Å². The van der Waals surface area contributed by atoms with Gasteiger partial charge < -0.3 is 10.1 Å². The smallest absolute Gasteiger partial charge is 0.220 e. The molecule has 0 aliphatic rings. The number of carbonyl (C=O) groups excluding carboxylic acids is 1. The summed E-state index contributed by atoms with van der Waals surface area (Å²) in [5.74, 6) is 0.951. The highest BCUT2D eigenvalue weighted by atomic mass is 32.1. The minimum atomic E-state index is 0.0901. The van der Waals surface area contributed by atoms with Crippen LogP contribution in [0, 0.1) is 0 Å². The van der Waals surface area contributed by atoms with Crippen LogP contribution in [0.2, 0.25) is 0 Å². The number of ether oxygens (including phenoxy) is 1. The van der Waals surface area contributed by atoms with Gasteiger partial charge in [0.2, 0.25) is 5.91 Å². The van der Waals surface area contributed by atoms with Gasteiger partial charge in [-0.15, -0.1) is 11.3 Å². The van der Waals surface area contributed by atoms with Crippen molar-refractivity contribution in [3.63, 3.8) is 0 Å². The van der Waals surface area contributed by atoms with E-state index in [4.69, 9.17) is 4.74 Å². The predicted octanol–water partition coefficient (Wildman–Crippen LogP) is 3.40. The van der Waals surface area contributed by atoms with Crippen molar-refractivity contribution in [2.75, 3.05) is 6.61 Å². The number of nitrogens with one attached hydrogen (secondary N) is 1. The monoisotopic (exact) mass is 289 g/mol. The van der Waals surface area contributed by atoms with Crippen LogP contribution < -0.4 is 10.1 Å². The first-order valence-corrected chi connectivity index (χ1v) is 7.66. The molecule has 1 amide bonds. The van der Waals surface area contributed by atoms with Gasteiger partial charge in [0.15, 0.2) is 0 Å². The maximum absolute atomic E-state index is 11.7. The molecule has 0 atom stereocenters. The van der Waals surface area contributed by atoms with E-state index in [1.807, 2.05) is 42.6 Å². The summed E-state index contributed by atoms with van der Waals surface area (Å²) in [5, 5.41) is 4.97. The lowest BCUT2D eigenvalue weighted by Crippen LogP contribution is -2.22. The molecule has 0 radical (unpaired) electrons. The molecule has 0 aliphatic carbocycles. The fourth-order valence-electron chi connectivity index (χ4n) is 1.85. The Morgan fingerprint density at radius 2 is 2.05 bits per heavy atom. The standard InChI is InChI=1S/C16H19NO2S/c1-2-19-14-7-5-13(6-8-14)12-17-16(18)10-9-15-4-3-11-20-15/h3-8,11H,2,9-10,12H2,1H3,(H,17,18). The molecule has 20 heavy (non-hydrogen) atoms. The second kappa shape index (κ2) is 7.70. The lowest BCUT2D eigenvalue weighted by atomic mass is 10.2. The van der Waals surface area contributed by atoms with Gasteiger partial charge in [0.1, 0.15) is 5.75 Å². The van der Waals surface area contributed by atoms with Crippen LogP contribution in [-0.4, -0.2) is 12.5 Å². The van der Waals surface area contributed by atoms with E-state index in [-0.39, 0.29) is 5.91 Å². The van der Waals surface area contributed by atoms with Gasteiger partial charge in [-0.25, -0.2) is 0 Å². The largest absolute Gasteiger partial charge is 0.494 e. The van der Waals surface area contributed by atoms with E-state index in [1.165, 1.54) is 4.88 Å². The predicted molar refractivity (Wildman–Crippen MR) is 82.1 cm³/mol. The average molecular weight is 289 g/mol. The summed E-state index contributed by atoms with van der Waals surface area (Å²) in [6.45, 7) is 3.19. The average Bonchev–Trinajstić information content (AvgIpc) is 2.98. The maximum Gasteiger partial charge on any atom is 0.220 e. The molecule has 0 saturated carbocycles. The van der Waals surface area contributed by atoms with Crippen LogP contribution >= 0.6 is 11.3 Å². The molecular formula is C16H19NO2S. The topological polar surface area (TPSA) is 38.3 Å². The van der Waals surface area contributed by atoms with E-state index in [9.17, 15) is 4.79 Å². The molecule has 0 aliphatic heterocycles. The molecule has 4 heteroatoms. The second-order valence-corrected chi connectivity index (χ2v) is 5.47. The molecule has 0 unspecified atom stereocenters. The summed E-state index contributed by atoms with van der Waals surface area (Å²) in [7, 11) is 0. The fourth-order valence-corrected chi connectivity index (χ4v) is 2.56. The highest BCUT2D eigenvalue weighted by Crippen LogP contribution is 2.12. The number of hydrogen-bond acceptors (Lipinski definition) is 3. The van der Waals surface area contributed by atoms with Crippen molar-refractivity contribution in [3.05, 3.63) is 52.2 Å². The van der Waals surface area contributed by atoms with Crippen molar-refractivity contribution in [2.24, 2.45) is 0 Å². The highest BCUT2D eigenvalue weighted by molar-refractivity contribution is 7.09. The first-order chi connectivity index (χ1) is 9.78. The van der Waals surface area contributed by atoms with Crippen molar-refractivity contribution in [3.8, 4) is 5.75 Å². The van der Waals surface area contributed by atoms with Crippen LogP contribution in [0.15, 0.2) is 41.8 Å². The normalized spacial score (nSPS) is 10.2. The van der Waals surface area contributed by atoms with E-state index in [1.54, 1.807) is 11.3 Å². The summed E-state index contributed by atoms with van der Waals surface area (Å²) in [5.41, 5.74) is 1.08. The molecule has 3 nitrogen and oxygen atoms in total. The Morgan fingerprint density at radius 3 is 2.70 bits per heavy atom. The number of aryl methyl sites for hydroxylation is 1. The maximum atomic E-state index is 11.7. The van der Waals surface area contributed by atoms with Gasteiger partial charge in [-0.3, -0.25) is 4.79 Å². The molecule has 0 spiro atoms. The zero-order valence-electron chi connectivity index (χ0n) is 11.6. The Hall–Kier alpha value is -1.81. The van der Waals surface area contributed by atoms with E-state index in [0.29, 0.717) is 19.6 Å². The first-order valence-electron chi connectivity index (χ1n) is 6.78. The van der Waals surface area contributed by atoms with E-state index >= 15 is 0 Å². The Morgan fingerprint density at radius 1 is 1.25 bits per heavy atom. The first kappa shape index (κ1) is 14.6. The van der Waals surface area contributed by atoms with Crippen molar-refractivity contribution < 1.29 is 9.53 Å². The lowest BCUT2D eigenvalue weighted by Gasteiger charge is -2.07. The third-order valence-corrected chi connectivity index (χ3v) is 3.84. The van der Waals surface area contributed by atoms with E-state index < -0.39 is 0 Å². The van der Waals surface area contributed by atoms with E-state index in [2.05, 4.69) is 11.4 Å². The molecule has 1 heterocycles. The molecule has 0 saturated heterocycles. The van der Waals surface area contributed by atoms with Gasteiger partial charge >= 0.3 is 0 Å². The van der Waals surface area contributed by atoms with Gasteiger partial charge in [0.25, 0.3) is 0 Å². The number of thiophene rings is 1. The molecular weight excluding hydrogens is 270 g/mol. The summed E-state index contributed by atoms with van der Waals surface area (Å²) in [6, 6.07) is 11.9. The summed E-state index contributed by atoms with van der Waals surface area (Å²) >= 11 is 1.69. The van der Waals surface area contributed by atoms with Crippen LogP contribution in [0.3, 0.4) is 0 Å². The molecule has 1 aromatic heterocycles. The Bertz CT molecular complexity index is 520.